The van der Waals surface area contributed by atoms with Gasteiger partial charge in [0.2, 0.25) is 0 Å². The first-order valence-electron chi connectivity index (χ1n) is 8.93. The van der Waals surface area contributed by atoms with Crippen LogP contribution in [0.3, 0.4) is 0 Å². The van der Waals surface area contributed by atoms with Crippen molar-refractivity contribution < 1.29 is 9.53 Å². The van der Waals surface area contributed by atoms with Crippen LogP contribution in [0, 0.1) is 0 Å². The van der Waals surface area contributed by atoms with Crippen LogP contribution in [0.1, 0.15) is 48.5 Å². The monoisotopic (exact) mass is 383 g/mol. The molecule has 1 aliphatic heterocycles. The third-order valence-corrected chi connectivity index (χ3v) is 5.63. The van der Waals surface area contributed by atoms with E-state index >= 15 is 0 Å². The van der Waals surface area contributed by atoms with Crippen LogP contribution in [0.25, 0.3) is 5.57 Å². The fraction of sp³-hybridized carbons (Fsp3) is 0.333. The zero-order chi connectivity index (χ0) is 19.6. The number of nitrogens with one attached hydrogen (secondary N) is 1. The molecule has 0 spiro atoms. The Hall–Kier alpha value is -2.60. The number of anilines is 1. The van der Waals surface area contributed by atoms with Gasteiger partial charge in [0.15, 0.2) is 0 Å². The number of hydrogen-bond donors (Lipinski definition) is 1. The summed E-state index contributed by atoms with van der Waals surface area (Å²) < 4.78 is 5.59. The van der Waals surface area contributed by atoms with Gasteiger partial charge in [-0.15, -0.1) is 11.3 Å². The van der Waals surface area contributed by atoms with E-state index in [1.54, 1.807) is 19.4 Å². The quantitative estimate of drug-likeness (QED) is 0.609. The number of hydrazone groups is 1. The predicted molar refractivity (Wildman–Crippen MR) is 113 cm³/mol. The molecule has 0 fully saturated rings. The molecular weight excluding hydrogens is 358 g/mol. The molecule has 1 aliphatic rings. The Bertz CT molecular complexity index is 898. The number of amides is 1. The SMILES string of the molecule is CCN1c2cc(OC)c(/C=N/NC(=O)c3cccs3)cc2C(C)=CC1(C)C. The van der Waals surface area contributed by atoms with Crippen LogP contribution >= 0.6 is 11.3 Å². The number of allylic oxidation sites excluding steroid dienone is 1. The van der Waals surface area contributed by atoms with Crippen molar-refractivity contribution in [1.29, 1.82) is 0 Å². The lowest BCUT2D eigenvalue weighted by molar-refractivity contribution is 0.0959. The summed E-state index contributed by atoms with van der Waals surface area (Å²) in [5.41, 5.74) is 6.87. The molecule has 2 heterocycles. The number of carbonyl (C=O) groups excluding carboxylic acids is 1. The number of thiophene rings is 1. The van der Waals surface area contributed by atoms with Crippen molar-refractivity contribution in [3.8, 4) is 5.75 Å². The van der Waals surface area contributed by atoms with Gasteiger partial charge in [-0.05, 0) is 50.8 Å². The van der Waals surface area contributed by atoms with E-state index in [1.807, 2.05) is 11.4 Å². The molecule has 1 aromatic heterocycles. The Morgan fingerprint density at radius 1 is 1.41 bits per heavy atom. The van der Waals surface area contributed by atoms with Crippen molar-refractivity contribution >= 4 is 34.7 Å². The average molecular weight is 384 g/mol. The van der Waals surface area contributed by atoms with E-state index < -0.39 is 0 Å². The van der Waals surface area contributed by atoms with E-state index in [2.05, 4.69) is 61.3 Å². The zero-order valence-electron chi connectivity index (χ0n) is 16.4. The maximum Gasteiger partial charge on any atom is 0.281 e. The number of hydrogen-bond acceptors (Lipinski definition) is 5. The highest BCUT2D eigenvalue weighted by molar-refractivity contribution is 7.12. The van der Waals surface area contributed by atoms with E-state index in [0.717, 1.165) is 29.1 Å². The zero-order valence-corrected chi connectivity index (χ0v) is 17.2. The third-order valence-electron chi connectivity index (χ3n) is 4.76. The Labute approximate surface area is 164 Å². The van der Waals surface area contributed by atoms with Crippen molar-refractivity contribution in [3.63, 3.8) is 0 Å². The molecule has 0 bridgehead atoms. The first-order valence-corrected chi connectivity index (χ1v) is 9.81. The number of methoxy groups -OCH3 is 1. The number of fused-ring (bicyclic) bond motifs is 1. The van der Waals surface area contributed by atoms with E-state index in [1.165, 1.54) is 16.9 Å². The minimum absolute atomic E-state index is 0.0544. The van der Waals surface area contributed by atoms with Gasteiger partial charge < -0.3 is 9.64 Å². The summed E-state index contributed by atoms with van der Waals surface area (Å²) >= 11 is 1.38. The lowest BCUT2D eigenvalue weighted by Crippen LogP contribution is -2.44. The number of rotatable bonds is 5. The van der Waals surface area contributed by atoms with Gasteiger partial charge in [0.05, 0.1) is 23.7 Å². The first kappa shape index (κ1) is 19.2. The standard InChI is InChI=1S/C21H25N3O2S/c1-6-24-17-11-18(26-5)15(10-16(17)14(2)12-21(24,3)4)13-22-23-20(25)19-8-7-9-27-19/h7-13H,6H2,1-5H3,(H,23,25)/b22-13+. The summed E-state index contributed by atoms with van der Waals surface area (Å²) in [5, 5.41) is 5.98. The number of carbonyl (C=O) groups is 1. The summed E-state index contributed by atoms with van der Waals surface area (Å²) in [6.45, 7) is 9.61. The molecule has 142 valence electrons. The Kier molecular flexibility index (Phi) is 5.37. The molecular formula is C21H25N3O2S. The molecule has 0 saturated heterocycles. The smallest absolute Gasteiger partial charge is 0.281 e. The maximum atomic E-state index is 12.0. The second-order valence-corrected chi connectivity index (χ2v) is 7.96. The van der Waals surface area contributed by atoms with Crippen molar-refractivity contribution in [1.82, 2.24) is 5.43 Å². The van der Waals surface area contributed by atoms with Gasteiger partial charge in [-0.1, -0.05) is 12.1 Å². The Morgan fingerprint density at radius 2 is 2.19 bits per heavy atom. The van der Waals surface area contributed by atoms with E-state index in [4.69, 9.17) is 4.74 Å². The van der Waals surface area contributed by atoms with Crippen molar-refractivity contribution in [2.24, 2.45) is 5.10 Å². The molecule has 0 aliphatic carbocycles. The molecule has 1 amide bonds. The molecule has 0 radical (unpaired) electrons. The van der Waals surface area contributed by atoms with Crippen molar-refractivity contribution in [2.75, 3.05) is 18.6 Å². The molecule has 1 aromatic carbocycles. The third kappa shape index (κ3) is 3.76. The lowest BCUT2D eigenvalue weighted by Gasteiger charge is -2.43. The molecule has 5 nitrogen and oxygen atoms in total. The van der Waals surface area contributed by atoms with E-state index in [9.17, 15) is 4.79 Å². The molecule has 0 atom stereocenters. The van der Waals surface area contributed by atoms with Gasteiger partial charge >= 0.3 is 0 Å². The topological polar surface area (TPSA) is 53.9 Å². The number of likely N-dealkylation sites (N-methyl/N-ethyl adjacent to an activating group) is 1. The van der Waals surface area contributed by atoms with Gasteiger partial charge in [0, 0.05) is 29.4 Å². The summed E-state index contributed by atoms with van der Waals surface area (Å²) in [5.74, 6) is 0.514. The molecule has 3 rings (SSSR count). The van der Waals surface area contributed by atoms with Crippen LogP contribution in [-0.2, 0) is 0 Å². The summed E-state index contributed by atoms with van der Waals surface area (Å²) in [4.78, 5) is 15.0. The van der Waals surface area contributed by atoms with Crippen LogP contribution in [-0.4, -0.2) is 31.3 Å². The highest BCUT2D eigenvalue weighted by atomic mass is 32.1. The van der Waals surface area contributed by atoms with Crippen LogP contribution in [0.15, 0.2) is 40.8 Å². The van der Waals surface area contributed by atoms with Crippen molar-refractivity contribution in [3.05, 3.63) is 51.7 Å². The Balaban J connectivity index is 1.92. The Morgan fingerprint density at radius 3 is 2.81 bits per heavy atom. The van der Waals surface area contributed by atoms with Gasteiger partial charge in [-0.25, -0.2) is 5.43 Å². The van der Waals surface area contributed by atoms with Crippen molar-refractivity contribution in [2.45, 2.75) is 33.2 Å². The average Bonchev–Trinajstić information content (AvgIpc) is 3.16. The fourth-order valence-electron chi connectivity index (χ4n) is 3.60. The van der Waals surface area contributed by atoms with E-state index in [-0.39, 0.29) is 11.4 Å². The number of nitrogens with zero attached hydrogens (tertiary/aromatic N) is 2. The molecule has 1 N–H and O–H groups in total. The van der Waals surface area contributed by atoms with E-state index in [0.29, 0.717) is 4.88 Å². The molecule has 0 unspecified atom stereocenters. The minimum atomic E-state index is -0.215. The first-order chi connectivity index (χ1) is 12.9. The summed E-state index contributed by atoms with van der Waals surface area (Å²) in [6.07, 6.45) is 3.92. The summed E-state index contributed by atoms with van der Waals surface area (Å²) in [7, 11) is 1.65. The minimum Gasteiger partial charge on any atom is -0.496 e. The van der Waals surface area contributed by atoms with Gasteiger partial charge in [0.1, 0.15) is 5.75 Å². The van der Waals surface area contributed by atoms with Gasteiger partial charge in [-0.3, -0.25) is 4.79 Å². The van der Waals surface area contributed by atoms with Crippen LogP contribution in [0.4, 0.5) is 5.69 Å². The largest absolute Gasteiger partial charge is 0.496 e. The number of benzene rings is 1. The number of ether oxygens (including phenoxy) is 1. The van der Waals surface area contributed by atoms with Gasteiger partial charge in [0.25, 0.3) is 5.91 Å². The lowest BCUT2D eigenvalue weighted by atomic mass is 9.88. The predicted octanol–water partition coefficient (Wildman–Crippen LogP) is 4.54. The molecule has 0 saturated carbocycles. The summed E-state index contributed by atoms with van der Waals surface area (Å²) in [6, 6.07) is 7.73. The highest BCUT2D eigenvalue weighted by Crippen LogP contribution is 2.41. The van der Waals surface area contributed by atoms with Crippen LogP contribution in [0.5, 0.6) is 5.75 Å². The van der Waals surface area contributed by atoms with Gasteiger partial charge in [-0.2, -0.15) is 5.10 Å². The fourth-order valence-corrected chi connectivity index (χ4v) is 4.21. The second kappa shape index (κ2) is 7.56. The second-order valence-electron chi connectivity index (χ2n) is 7.01. The van der Waals surface area contributed by atoms with Crippen LogP contribution < -0.4 is 15.1 Å². The van der Waals surface area contributed by atoms with Crippen LogP contribution in [0.2, 0.25) is 0 Å². The molecule has 27 heavy (non-hydrogen) atoms. The normalized spacial score (nSPS) is 15.4. The molecule has 2 aromatic rings. The molecule has 6 heteroatoms. The maximum absolute atomic E-state index is 12.0. The highest BCUT2D eigenvalue weighted by Gasteiger charge is 2.31.